The molecule has 1 heterocycles. The number of amides is 1. The first-order valence-corrected chi connectivity index (χ1v) is 7.21. The molecule has 2 rings (SSSR count). The van der Waals surface area contributed by atoms with Crippen molar-refractivity contribution in [3.8, 4) is 0 Å². The van der Waals surface area contributed by atoms with E-state index in [0.717, 1.165) is 16.0 Å². The molecule has 0 bridgehead atoms. The van der Waals surface area contributed by atoms with Gasteiger partial charge in [-0.1, -0.05) is 17.3 Å². The highest BCUT2D eigenvalue weighted by molar-refractivity contribution is 7.14. The maximum atomic E-state index is 12.3. The molecule has 5 nitrogen and oxygen atoms in total. The van der Waals surface area contributed by atoms with Gasteiger partial charge in [-0.25, -0.2) is 0 Å². The van der Waals surface area contributed by atoms with Crippen molar-refractivity contribution in [3.05, 3.63) is 50.7 Å². The Hall–Kier alpha value is -2.34. The van der Waals surface area contributed by atoms with Crippen LogP contribution in [0.15, 0.2) is 29.4 Å². The van der Waals surface area contributed by atoms with Gasteiger partial charge in [-0.3, -0.25) is 4.79 Å². The molecule has 1 amide bonds. The standard InChI is InChI=1S/C15H17N3O2S/c1-8-4-5-11(14(16)18-20)7-12(8)17-15(19)13-6-9(2)10(3)21-13/h4-7,20H,1-3H3,(H2,16,18)(H,17,19). The van der Waals surface area contributed by atoms with Crippen molar-refractivity contribution in [1.29, 1.82) is 0 Å². The van der Waals surface area contributed by atoms with E-state index in [2.05, 4.69) is 10.5 Å². The number of hydrogen-bond acceptors (Lipinski definition) is 4. The molecule has 4 N–H and O–H groups in total. The summed E-state index contributed by atoms with van der Waals surface area (Å²) in [5.74, 6) is -0.149. The number of amidine groups is 1. The summed E-state index contributed by atoms with van der Waals surface area (Å²) in [4.78, 5) is 14.1. The molecule has 0 aliphatic carbocycles. The molecule has 110 valence electrons. The number of nitrogens with two attached hydrogens (primary N) is 1. The van der Waals surface area contributed by atoms with Crippen molar-refractivity contribution in [2.45, 2.75) is 20.8 Å². The molecule has 0 saturated heterocycles. The fraction of sp³-hybridized carbons (Fsp3) is 0.200. The van der Waals surface area contributed by atoms with Crippen molar-refractivity contribution >= 4 is 28.8 Å². The maximum absolute atomic E-state index is 12.3. The van der Waals surface area contributed by atoms with Gasteiger partial charge >= 0.3 is 0 Å². The highest BCUT2D eigenvalue weighted by Gasteiger charge is 2.12. The number of benzene rings is 1. The molecule has 1 aromatic carbocycles. The predicted octanol–water partition coefficient (Wildman–Crippen LogP) is 3.02. The Balaban J connectivity index is 2.28. The monoisotopic (exact) mass is 303 g/mol. The van der Waals surface area contributed by atoms with Gasteiger partial charge in [0.15, 0.2) is 5.84 Å². The van der Waals surface area contributed by atoms with Gasteiger partial charge in [0.1, 0.15) is 0 Å². The number of nitrogens with one attached hydrogen (secondary N) is 1. The van der Waals surface area contributed by atoms with Crippen LogP contribution in [0.1, 0.15) is 31.2 Å². The number of carbonyl (C=O) groups is 1. The van der Waals surface area contributed by atoms with E-state index in [4.69, 9.17) is 10.9 Å². The van der Waals surface area contributed by atoms with Gasteiger partial charge in [0.2, 0.25) is 0 Å². The summed E-state index contributed by atoms with van der Waals surface area (Å²) in [6.45, 7) is 5.85. The predicted molar refractivity (Wildman–Crippen MR) is 85.4 cm³/mol. The summed E-state index contributed by atoms with van der Waals surface area (Å²) >= 11 is 1.46. The Bertz CT molecular complexity index is 700. The topological polar surface area (TPSA) is 87.7 Å². The number of anilines is 1. The number of thiophene rings is 1. The molecule has 21 heavy (non-hydrogen) atoms. The summed E-state index contributed by atoms with van der Waals surface area (Å²) in [5.41, 5.74) is 8.78. The molecule has 1 aromatic heterocycles. The van der Waals surface area contributed by atoms with E-state index in [0.29, 0.717) is 16.1 Å². The zero-order valence-corrected chi connectivity index (χ0v) is 12.9. The Morgan fingerprint density at radius 1 is 1.24 bits per heavy atom. The van der Waals surface area contributed by atoms with E-state index < -0.39 is 0 Å². The lowest BCUT2D eigenvalue weighted by Crippen LogP contribution is -2.15. The molecular weight excluding hydrogens is 286 g/mol. The fourth-order valence-electron chi connectivity index (χ4n) is 1.84. The Morgan fingerprint density at radius 2 is 1.95 bits per heavy atom. The van der Waals surface area contributed by atoms with Crippen LogP contribution in [0.5, 0.6) is 0 Å². The van der Waals surface area contributed by atoms with E-state index in [9.17, 15) is 4.79 Å². The smallest absolute Gasteiger partial charge is 0.265 e. The normalized spacial score (nSPS) is 11.5. The minimum absolute atomic E-state index is 0.00770. The van der Waals surface area contributed by atoms with Crippen LogP contribution in [-0.4, -0.2) is 17.0 Å². The van der Waals surface area contributed by atoms with Gasteiger partial charge in [0.25, 0.3) is 5.91 Å². The number of carbonyl (C=O) groups excluding carboxylic acids is 1. The molecule has 0 radical (unpaired) electrons. The van der Waals surface area contributed by atoms with Crippen LogP contribution >= 0.6 is 11.3 Å². The van der Waals surface area contributed by atoms with Crippen LogP contribution < -0.4 is 11.1 Å². The quantitative estimate of drug-likeness (QED) is 0.352. The highest BCUT2D eigenvalue weighted by atomic mass is 32.1. The second-order valence-corrected chi connectivity index (χ2v) is 6.08. The second kappa shape index (κ2) is 5.97. The first-order valence-electron chi connectivity index (χ1n) is 6.39. The van der Waals surface area contributed by atoms with E-state index in [1.54, 1.807) is 12.1 Å². The number of oxime groups is 1. The number of nitrogens with zero attached hydrogens (tertiary/aromatic N) is 1. The third-order valence-electron chi connectivity index (χ3n) is 3.28. The Kier molecular flexibility index (Phi) is 4.28. The van der Waals surface area contributed by atoms with Crippen LogP contribution in [0.2, 0.25) is 0 Å². The summed E-state index contributed by atoms with van der Waals surface area (Å²) in [5, 5.41) is 14.6. The van der Waals surface area contributed by atoms with Crippen molar-refractivity contribution in [2.24, 2.45) is 10.9 Å². The first kappa shape index (κ1) is 15.1. The summed E-state index contributed by atoms with van der Waals surface area (Å²) in [6, 6.07) is 7.11. The second-order valence-electron chi connectivity index (χ2n) is 4.82. The summed E-state index contributed by atoms with van der Waals surface area (Å²) in [7, 11) is 0. The largest absolute Gasteiger partial charge is 0.409 e. The van der Waals surface area contributed by atoms with Crippen molar-refractivity contribution < 1.29 is 10.0 Å². The van der Waals surface area contributed by atoms with E-state index in [-0.39, 0.29) is 11.7 Å². The molecular formula is C15H17N3O2S. The van der Waals surface area contributed by atoms with E-state index >= 15 is 0 Å². The lowest BCUT2D eigenvalue weighted by atomic mass is 10.1. The van der Waals surface area contributed by atoms with Gasteiger partial charge < -0.3 is 16.3 Å². The SMILES string of the molecule is Cc1ccc(C(N)=NO)cc1NC(=O)c1cc(C)c(C)s1. The number of aryl methyl sites for hydroxylation is 3. The van der Waals surface area contributed by atoms with Crippen molar-refractivity contribution in [1.82, 2.24) is 0 Å². The van der Waals surface area contributed by atoms with Crippen LogP contribution in [0.25, 0.3) is 0 Å². The number of hydrogen-bond donors (Lipinski definition) is 3. The Morgan fingerprint density at radius 3 is 2.52 bits per heavy atom. The zero-order valence-electron chi connectivity index (χ0n) is 12.1. The summed E-state index contributed by atoms with van der Waals surface area (Å²) < 4.78 is 0. The van der Waals surface area contributed by atoms with E-state index in [1.165, 1.54) is 11.3 Å². The number of rotatable bonds is 3. The van der Waals surface area contributed by atoms with Gasteiger partial charge in [-0.2, -0.15) is 0 Å². The lowest BCUT2D eigenvalue weighted by molar-refractivity contribution is 0.103. The molecule has 0 aliphatic rings. The van der Waals surface area contributed by atoms with Gasteiger partial charge in [0, 0.05) is 16.1 Å². The van der Waals surface area contributed by atoms with Gasteiger partial charge in [-0.15, -0.1) is 11.3 Å². The van der Waals surface area contributed by atoms with Crippen molar-refractivity contribution in [3.63, 3.8) is 0 Å². The molecule has 2 aromatic rings. The molecule has 6 heteroatoms. The average molecular weight is 303 g/mol. The molecule has 0 aliphatic heterocycles. The minimum Gasteiger partial charge on any atom is -0.409 e. The molecule has 0 fully saturated rings. The average Bonchev–Trinajstić information content (AvgIpc) is 2.80. The van der Waals surface area contributed by atoms with Gasteiger partial charge in [0.05, 0.1) is 4.88 Å². The fourth-order valence-corrected chi connectivity index (χ4v) is 2.77. The van der Waals surface area contributed by atoms with Crippen LogP contribution in [0.3, 0.4) is 0 Å². The third-order valence-corrected chi connectivity index (χ3v) is 4.43. The third kappa shape index (κ3) is 3.22. The summed E-state index contributed by atoms with van der Waals surface area (Å²) in [6.07, 6.45) is 0. The van der Waals surface area contributed by atoms with Crippen LogP contribution in [0, 0.1) is 20.8 Å². The molecule has 0 atom stereocenters. The highest BCUT2D eigenvalue weighted by Crippen LogP contribution is 2.23. The molecule has 0 spiro atoms. The van der Waals surface area contributed by atoms with Gasteiger partial charge in [-0.05, 0) is 44.0 Å². The molecule has 0 unspecified atom stereocenters. The van der Waals surface area contributed by atoms with Crippen LogP contribution in [0.4, 0.5) is 5.69 Å². The van der Waals surface area contributed by atoms with E-state index in [1.807, 2.05) is 32.9 Å². The minimum atomic E-state index is -0.157. The van der Waals surface area contributed by atoms with Crippen molar-refractivity contribution in [2.75, 3.05) is 5.32 Å². The Labute approximate surface area is 127 Å². The zero-order chi connectivity index (χ0) is 15.6. The van der Waals surface area contributed by atoms with Crippen LogP contribution in [-0.2, 0) is 0 Å². The lowest BCUT2D eigenvalue weighted by Gasteiger charge is -2.09. The first-order chi connectivity index (χ1) is 9.92. The molecule has 0 saturated carbocycles. The maximum Gasteiger partial charge on any atom is 0.265 e.